The highest BCUT2D eigenvalue weighted by molar-refractivity contribution is 6.24. The molecule has 2 aromatic carbocycles. The molecule has 2 aromatic heterocycles. The Kier molecular flexibility index (Phi) is 4.79. The number of rotatable bonds is 5. The number of tetrazole rings is 1. The van der Waals surface area contributed by atoms with E-state index < -0.39 is 0 Å². The molecule has 0 bridgehead atoms. The Morgan fingerprint density at radius 1 is 1.04 bits per heavy atom. The molecular formula is C21H17N5O2. The van der Waals surface area contributed by atoms with Crippen LogP contribution in [0, 0.1) is 6.92 Å². The van der Waals surface area contributed by atoms with Crippen molar-refractivity contribution in [3.8, 4) is 11.4 Å². The highest BCUT2D eigenvalue weighted by Gasteiger charge is 2.20. The second-order valence-corrected chi connectivity index (χ2v) is 6.15. The first-order valence-electron chi connectivity index (χ1n) is 8.68. The molecule has 138 valence electrons. The number of aromatic nitrogens is 4. The van der Waals surface area contributed by atoms with Gasteiger partial charge in [-0.1, -0.05) is 48.0 Å². The Bertz CT molecular complexity index is 1100. The number of aryl methyl sites for hydroxylation is 1. The molecule has 0 aliphatic carbocycles. The van der Waals surface area contributed by atoms with Crippen molar-refractivity contribution in [3.63, 3.8) is 0 Å². The summed E-state index contributed by atoms with van der Waals surface area (Å²) >= 11 is 0. The molecule has 0 aliphatic heterocycles. The van der Waals surface area contributed by atoms with Gasteiger partial charge in [-0.15, -0.1) is 5.10 Å². The molecule has 0 saturated carbocycles. The molecule has 0 atom stereocenters. The number of anilines is 1. The Balaban J connectivity index is 1.74. The lowest BCUT2D eigenvalue weighted by molar-refractivity contribution is -0.111. The molecule has 28 heavy (non-hydrogen) atoms. The van der Waals surface area contributed by atoms with Crippen molar-refractivity contribution in [2.75, 3.05) is 5.32 Å². The number of amides is 1. The van der Waals surface area contributed by atoms with Crippen LogP contribution in [-0.2, 0) is 4.79 Å². The van der Waals surface area contributed by atoms with E-state index in [9.17, 15) is 4.79 Å². The summed E-state index contributed by atoms with van der Waals surface area (Å²) in [7, 11) is 0. The van der Waals surface area contributed by atoms with E-state index in [1.807, 2.05) is 61.5 Å². The van der Waals surface area contributed by atoms with Crippen molar-refractivity contribution in [1.82, 2.24) is 20.2 Å². The van der Waals surface area contributed by atoms with Gasteiger partial charge in [0, 0.05) is 17.3 Å². The molecule has 2 heterocycles. The minimum absolute atomic E-state index is 0.236. The van der Waals surface area contributed by atoms with E-state index in [4.69, 9.17) is 4.42 Å². The predicted octanol–water partition coefficient (Wildman–Crippen LogP) is 3.88. The van der Waals surface area contributed by atoms with Crippen LogP contribution in [0.15, 0.2) is 77.4 Å². The summed E-state index contributed by atoms with van der Waals surface area (Å²) in [6.07, 6.45) is 3.14. The first-order chi connectivity index (χ1) is 13.7. The number of nitrogens with zero attached hydrogens (tertiary/aromatic N) is 4. The van der Waals surface area contributed by atoms with Crippen LogP contribution in [0.2, 0.25) is 0 Å². The van der Waals surface area contributed by atoms with E-state index in [-0.39, 0.29) is 11.6 Å². The predicted molar refractivity (Wildman–Crippen MR) is 106 cm³/mol. The van der Waals surface area contributed by atoms with Gasteiger partial charge in [0.1, 0.15) is 11.5 Å². The fraction of sp³-hybridized carbons (Fsp3) is 0.0476. The lowest BCUT2D eigenvalue weighted by Gasteiger charge is -2.10. The van der Waals surface area contributed by atoms with Gasteiger partial charge in [0.25, 0.3) is 5.91 Å². The summed E-state index contributed by atoms with van der Waals surface area (Å²) in [6.45, 7) is 1.99. The number of benzene rings is 2. The second kappa shape index (κ2) is 7.71. The molecule has 0 aliphatic rings. The average Bonchev–Trinajstić information content (AvgIpc) is 3.40. The molecule has 0 spiro atoms. The van der Waals surface area contributed by atoms with Gasteiger partial charge in [-0.3, -0.25) is 4.79 Å². The molecule has 7 nitrogen and oxygen atoms in total. The summed E-state index contributed by atoms with van der Waals surface area (Å²) < 4.78 is 6.79. The largest absolute Gasteiger partial charge is 0.465 e. The molecule has 4 aromatic rings. The zero-order chi connectivity index (χ0) is 19.3. The first kappa shape index (κ1) is 17.4. The Hall–Kier alpha value is -4.00. The van der Waals surface area contributed by atoms with Crippen LogP contribution in [0.4, 0.5) is 5.69 Å². The normalized spacial score (nSPS) is 11.4. The maximum atomic E-state index is 13.1. The van der Waals surface area contributed by atoms with Crippen LogP contribution in [0.3, 0.4) is 0 Å². The van der Waals surface area contributed by atoms with Gasteiger partial charge < -0.3 is 9.73 Å². The Morgan fingerprint density at radius 2 is 1.82 bits per heavy atom. The molecule has 1 N–H and O–H groups in total. The highest BCUT2D eigenvalue weighted by Crippen LogP contribution is 2.22. The quantitative estimate of drug-likeness (QED) is 0.538. The SMILES string of the molecule is Cc1ccc(NC(=O)/C(=C/c2ccco2)n2nnnc2-c2ccccc2)cc1. The molecular weight excluding hydrogens is 354 g/mol. The highest BCUT2D eigenvalue weighted by atomic mass is 16.3. The van der Waals surface area contributed by atoms with Crippen LogP contribution in [0.25, 0.3) is 23.2 Å². The number of furan rings is 1. The zero-order valence-corrected chi connectivity index (χ0v) is 15.1. The molecule has 0 radical (unpaired) electrons. The van der Waals surface area contributed by atoms with E-state index in [1.54, 1.807) is 24.5 Å². The van der Waals surface area contributed by atoms with E-state index >= 15 is 0 Å². The maximum Gasteiger partial charge on any atom is 0.274 e. The number of carbonyl (C=O) groups excluding carboxylic acids is 1. The number of carbonyl (C=O) groups is 1. The third-order valence-corrected chi connectivity index (χ3v) is 4.09. The van der Waals surface area contributed by atoms with Crippen molar-refractivity contribution < 1.29 is 9.21 Å². The first-order valence-corrected chi connectivity index (χ1v) is 8.68. The van der Waals surface area contributed by atoms with Gasteiger partial charge in [0.05, 0.1) is 6.26 Å². The fourth-order valence-corrected chi connectivity index (χ4v) is 2.68. The number of nitrogens with one attached hydrogen (secondary N) is 1. The van der Waals surface area contributed by atoms with Crippen LogP contribution < -0.4 is 5.32 Å². The van der Waals surface area contributed by atoms with Crippen molar-refractivity contribution in [1.29, 1.82) is 0 Å². The smallest absolute Gasteiger partial charge is 0.274 e. The number of hydrogen-bond acceptors (Lipinski definition) is 5. The van der Waals surface area contributed by atoms with Gasteiger partial charge in [0.15, 0.2) is 5.82 Å². The van der Waals surface area contributed by atoms with Crippen molar-refractivity contribution in [3.05, 3.63) is 84.3 Å². The van der Waals surface area contributed by atoms with Crippen molar-refractivity contribution in [2.45, 2.75) is 6.92 Å². The molecule has 4 rings (SSSR count). The van der Waals surface area contributed by atoms with Gasteiger partial charge >= 0.3 is 0 Å². The van der Waals surface area contributed by atoms with Crippen LogP contribution in [0.5, 0.6) is 0 Å². The number of hydrogen-bond donors (Lipinski definition) is 1. The zero-order valence-electron chi connectivity index (χ0n) is 15.1. The third-order valence-electron chi connectivity index (χ3n) is 4.09. The summed E-state index contributed by atoms with van der Waals surface area (Å²) in [6, 6.07) is 20.5. The van der Waals surface area contributed by atoms with Crippen LogP contribution >= 0.6 is 0 Å². The van der Waals surface area contributed by atoms with Crippen LogP contribution in [0.1, 0.15) is 11.3 Å². The van der Waals surface area contributed by atoms with E-state index in [0.29, 0.717) is 17.3 Å². The Morgan fingerprint density at radius 3 is 2.54 bits per heavy atom. The van der Waals surface area contributed by atoms with Gasteiger partial charge in [-0.2, -0.15) is 4.68 Å². The van der Waals surface area contributed by atoms with Crippen molar-refractivity contribution in [2.24, 2.45) is 0 Å². The maximum absolute atomic E-state index is 13.1. The molecule has 0 unspecified atom stereocenters. The summed E-state index contributed by atoms with van der Waals surface area (Å²) in [5, 5.41) is 14.8. The Labute approximate surface area is 161 Å². The van der Waals surface area contributed by atoms with Gasteiger partial charge in [-0.05, 0) is 41.6 Å². The third kappa shape index (κ3) is 3.73. The summed E-state index contributed by atoms with van der Waals surface area (Å²) in [5.74, 6) is 0.616. The standard InChI is InChI=1S/C21H17N5O2/c1-15-9-11-17(12-10-15)22-21(27)19(14-18-8-5-13-28-18)26-20(23-24-25-26)16-6-3-2-4-7-16/h2-14H,1H3,(H,22,27)/b19-14-. The fourth-order valence-electron chi connectivity index (χ4n) is 2.68. The minimum atomic E-state index is -0.357. The lowest BCUT2D eigenvalue weighted by Crippen LogP contribution is -2.19. The molecule has 0 saturated heterocycles. The van der Waals surface area contributed by atoms with Gasteiger partial charge in [0.2, 0.25) is 0 Å². The average molecular weight is 371 g/mol. The van der Waals surface area contributed by atoms with Crippen LogP contribution in [-0.4, -0.2) is 26.1 Å². The second-order valence-electron chi connectivity index (χ2n) is 6.15. The topological polar surface area (TPSA) is 85.8 Å². The summed E-state index contributed by atoms with van der Waals surface area (Å²) in [4.78, 5) is 13.1. The van der Waals surface area contributed by atoms with E-state index in [1.165, 1.54) is 4.68 Å². The van der Waals surface area contributed by atoms with E-state index in [0.717, 1.165) is 11.1 Å². The molecule has 7 heteroatoms. The molecule has 0 fully saturated rings. The lowest BCUT2D eigenvalue weighted by atomic mass is 10.2. The monoisotopic (exact) mass is 371 g/mol. The van der Waals surface area contributed by atoms with E-state index in [2.05, 4.69) is 20.8 Å². The van der Waals surface area contributed by atoms with Crippen molar-refractivity contribution >= 4 is 23.4 Å². The summed E-state index contributed by atoms with van der Waals surface area (Å²) in [5.41, 5.74) is 2.81. The van der Waals surface area contributed by atoms with Gasteiger partial charge in [-0.25, -0.2) is 0 Å². The minimum Gasteiger partial charge on any atom is -0.465 e. The molecule has 1 amide bonds.